The second-order valence-electron chi connectivity index (χ2n) is 8.38. The maximum atomic E-state index is 13.0. The van der Waals surface area contributed by atoms with Gasteiger partial charge in [0.1, 0.15) is 11.5 Å². The van der Waals surface area contributed by atoms with Crippen molar-refractivity contribution in [2.45, 2.75) is 44.9 Å². The number of ether oxygens (including phenoxy) is 2. The van der Waals surface area contributed by atoms with Crippen LogP contribution in [0.5, 0.6) is 11.5 Å². The van der Waals surface area contributed by atoms with E-state index in [1.165, 1.54) is 19.3 Å². The molecule has 4 fully saturated rings. The predicted molar refractivity (Wildman–Crippen MR) is 96.9 cm³/mol. The van der Waals surface area contributed by atoms with Gasteiger partial charge in [0, 0.05) is 18.0 Å². The Morgan fingerprint density at radius 1 is 1.08 bits per heavy atom. The van der Waals surface area contributed by atoms with E-state index in [0.717, 1.165) is 60.5 Å². The van der Waals surface area contributed by atoms with Gasteiger partial charge >= 0.3 is 0 Å². The molecule has 0 atom stereocenters. The normalized spacial score (nSPS) is 32.5. The molecule has 4 aliphatic rings. The summed E-state index contributed by atoms with van der Waals surface area (Å²) in [6.45, 7) is 0.670. The number of benzene rings is 1. The van der Waals surface area contributed by atoms with Crippen LogP contribution in [0.2, 0.25) is 0 Å². The van der Waals surface area contributed by atoms with Crippen LogP contribution >= 0.6 is 0 Å². The Bertz CT molecular complexity index is 619. The minimum atomic E-state index is -0.0568. The van der Waals surface area contributed by atoms with E-state index in [0.29, 0.717) is 12.5 Å². The van der Waals surface area contributed by atoms with Crippen LogP contribution in [0.4, 0.5) is 0 Å². The summed E-state index contributed by atoms with van der Waals surface area (Å²) in [4.78, 5) is 13.0. The summed E-state index contributed by atoms with van der Waals surface area (Å²) in [5.41, 5.74) is 1.05. The zero-order valence-corrected chi connectivity index (χ0v) is 15.3. The van der Waals surface area contributed by atoms with E-state index in [-0.39, 0.29) is 5.41 Å². The smallest absolute Gasteiger partial charge is 0.226 e. The molecule has 0 aliphatic heterocycles. The van der Waals surface area contributed by atoms with Gasteiger partial charge in [-0.2, -0.15) is 0 Å². The molecular weight excluding hydrogens is 314 g/mol. The molecule has 0 spiro atoms. The van der Waals surface area contributed by atoms with Gasteiger partial charge in [-0.3, -0.25) is 4.79 Å². The van der Waals surface area contributed by atoms with Crippen molar-refractivity contribution in [1.29, 1.82) is 0 Å². The third kappa shape index (κ3) is 3.11. The number of hydrogen-bond donors (Lipinski definition) is 1. The number of carbonyl (C=O) groups excluding carboxylic acids is 1. The molecule has 4 saturated carbocycles. The zero-order chi connectivity index (χ0) is 17.4. The van der Waals surface area contributed by atoms with Crippen molar-refractivity contribution < 1.29 is 14.3 Å². The second-order valence-corrected chi connectivity index (χ2v) is 8.38. The molecule has 0 radical (unpaired) electrons. The summed E-state index contributed by atoms with van der Waals surface area (Å²) in [5.74, 6) is 4.33. The van der Waals surface area contributed by atoms with Crippen LogP contribution in [0.3, 0.4) is 0 Å². The van der Waals surface area contributed by atoms with Crippen LogP contribution in [-0.4, -0.2) is 26.7 Å². The first kappa shape index (κ1) is 16.7. The first-order chi connectivity index (χ1) is 12.1. The molecule has 4 bridgehead atoms. The van der Waals surface area contributed by atoms with Gasteiger partial charge in [-0.25, -0.2) is 0 Å². The van der Waals surface area contributed by atoms with E-state index < -0.39 is 0 Å². The first-order valence-electron chi connectivity index (χ1n) is 9.61. The molecule has 1 aromatic rings. The summed E-state index contributed by atoms with van der Waals surface area (Å²) in [7, 11) is 3.33. The van der Waals surface area contributed by atoms with Crippen LogP contribution in [0.15, 0.2) is 18.2 Å². The van der Waals surface area contributed by atoms with Gasteiger partial charge in [0.05, 0.1) is 14.2 Å². The number of carbonyl (C=O) groups is 1. The molecule has 1 aromatic carbocycles. The largest absolute Gasteiger partial charge is 0.497 e. The van der Waals surface area contributed by atoms with E-state index in [2.05, 4.69) is 5.32 Å². The number of amides is 1. The molecule has 25 heavy (non-hydrogen) atoms. The van der Waals surface area contributed by atoms with Gasteiger partial charge in [-0.05, 0) is 74.3 Å². The fraction of sp³-hybridized carbons (Fsp3) is 0.667. The molecule has 5 rings (SSSR count). The van der Waals surface area contributed by atoms with E-state index in [1.54, 1.807) is 14.2 Å². The van der Waals surface area contributed by atoms with Crippen molar-refractivity contribution in [2.24, 2.45) is 23.2 Å². The summed E-state index contributed by atoms with van der Waals surface area (Å²) >= 11 is 0. The molecule has 1 N–H and O–H groups in total. The lowest BCUT2D eigenvalue weighted by Gasteiger charge is -2.55. The van der Waals surface area contributed by atoms with Crippen molar-refractivity contribution in [3.63, 3.8) is 0 Å². The molecule has 4 aliphatic carbocycles. The molecule has 4 heteroatoms. The molecule has 1 amide bonds. The Morgan fingerprint density at radius 2 is 1.72 bits per heavy atom. The third-order valence-electron chi connectivity index (χ3n) is 6.69. The van der Waals surface area contributed by atoms with E-state index >= 15 is 0 Å². The highest BCUT2D eigenvalue weighted by atomic mass is 16.5. The fourth-order valence-corrected chi connectivity index (χ4v) is 5.95. The molecule has 0 unspecified atom stereocenters. The van der Waals surface area contributed by atoms with Gasteiger partial charge < -0.3 is 14.8 Å². The van der Waals surface area contributed by atoms with Gasteiger partial charge in [0.2, 0.25) is 5.91 Å². The van der Waals surface area contributed by atoms with Crippen LogP contribution in [-0.2, 0) is 11.2 Å². The topological polar surface area (TPSA) is 47.6 Å². The number of methoxy groups -OCH3 is 2. The zero-order valence-electron chi connectivity index (χ0n) is 15.3. The predicted octanol–water partition coefficient (Wildman–Crippen LogP) is 3.58. The molecule has 136 valence electrons. The van der Waals surface area contributed by atoms with Gasteiger partial charge in [0.25, 0.3) is 0 Å². The second kappa shape index (κ2) is 6.54. The molecule has 4 nitrogen and oxygen atoms in total. The monoisotopic (exact) mass is 343 g/mol. The van der Waals surface area contributed by atoms with Crippen LogP contribution in [0.25, 0.3) is 0 Å². The number of hydrogen-bond acceptors (Lipinski definition) is 3. The first-order valence-corrected chi connectivity index (χ1v) is 9.61. The summed E-state index contributed by atoms with van der Waals surface area (Å²) in [6, 6.07) is 5.86. The van der Waals surface area contributed by atoms with Crippen molar-refractivity contribution in [1.82, 2.24) is 5.32 Å². The quantitative estimate of drug-likeness (QED) is 0.859. The van der Waals surface area contributed by atoms with E-state index in [9.17, 15) is 4.79 Å². The average Bonchev–Trinajstić information content (AvgIpc) is 2.60. The van der Waals surface area contributed by atoms with Crippen molar-refractivity contribution in [3.05, 3.63) is 23.8 Å². The summed E-state index contributed by atoms with van der Waals surface area (Å²) < 4.78 is 10.7. The van der Waals surface area contributed by atoms with Gasteiger partial charge in [0.15, 0.2) is 0 Å². The van der Waals surface area contributed by atoms with Crippen LogP contribution < -0.4 is 14.8 Å². The lowest BCUT2D eigenvalue weighted by molar-refractivity contribution is -0.146. The summed E-state index contributed by atoms with van der Waals surface area (Å²) in [6.07, 6.45) is 8.26. The Hall–Kier alpha value is -1.71. The highest BCUT2D eigenvalue weighted by molar-refractivity contribution is 5.83. The highest BCUT2D eigenvalue weighted by Crippen LogP contribution is 2.60. The Labute approximate surface area is 150 Å². The minimum Gasteiger partial charge on any atom is -0.497 e. The standard InChI is InChI=1S/C21H29NO3/c1-24-18-4-3-17(19(10-18)25-2)5-6-22-20(23)21-11-14-7-15(12-21)9-16(8-14)13-21/h3-4,10,14-16H,5-9,11-13H2,1-2H3,(H,22,23). The maximum Gasteiger partial charge on any atom is 0.226 e. The maximum absolute atomic E-state index is 13.0. The van der Waals surface area contributed by atoms with Gasteiger partial charge in [-0.1, -0.05) is 6.07 Å². The average molecular weight is 343 g/mol. The Morgan fingerprint density at radius 3 is 2.28 bits per heavy atom. The minimum absolute atomic E-state index is 0.0568. The van der Waals surface area contributed by atoms with E-state index in [1.807, 2.05) is 18.2 Å². The number of rotatable bonds is 6. The summed E-state index contributed by atoms with van der Waals surface area (Å²) in [5, 5.41) is 3.24. The lowest BCUT2D eigenvalue weighted by Crippen LogP contribution is -2.53. The Balaban J connectivity index is 1.37. The van der Waals surface area contributed by atoms with Crippen LogP contribution in [0.1, 0.15) is 44.1 Å². The Kier molecular flexibility index (Phi) is 4.38. The van der Waals surface area contributed by atoms with Crippen molar-refractivity contribution in [3.8, 4) is 11.5 Å². The van der Waals surface area contributed by atoms with Crippen LogP contribution in [0, 0.1) is 23.2 Å². The molecular formula is C21H29NO3. The third-order valence-corrected chi connectivity index (χ3v) is 6.69. The number of nitrogens with one attached hydrogen (secondary N) is 1. The molecule has 0 aromatic heterocycles. The highest BCUT2D eigenvalue weighted by Gasteiger charge is 2.54. The fourth-order valence-electron chi connectivity index (χ4n) is 5.95. The van der Waals surface area contributed by atoms with Crippen molar-refractivity contribution in [2.75, 3.05) is 20.8 Å². The molecule has 0 heterocycles. The lowest BCUT2D eigenvalue weighted by atomic mass is 9.49. The van der Waals surface area contributed by atoms with E-state index in [4.69, 9.17) is 9.47 Å². The molecule has 0 saturated heterocycles. The van der Waals surface area contributed by atoms with Crippen molar-refractivity contribution >= 4 is 5.91 Å². The SMILES string of the molecule is COc1ccc(CCNC(=O)C23CC4CC(CC(C4)C2)C3)c(OC)c1. The van der Waals surface area contributed by atoms with Gasteiger partial charge in [-0.15, -0.1) is 0 Å².